The van der Waals surface area contributed by atoms with Crippen LogP contribution >= 0.6 is 0 Å². The van der Waals surface area contributed by atoms with Gasteiger partial charge in [-0.3, -0.25) is 9.78 Å². The Morgan fingerprint density at radius 3 is 2.83 bits per heavy atom. The van der Waals surface area contributed by atoms with Crippen LogP contribution in [0.15, 0.2) is 42.7 Å². The van der Waals surface area contributed by atoms with Gasteiger partial charge in [0.25, 0.3) is 5.91 Å². The molecule has 1 aliphatic heterocycles. The molecule has 0 radical (unpaired) electrons. The van der Waals surface area contributed by atoms with E-state index in [2.05, 4.69) is 15.6 Å². The summed E-state index contributed by atoms with van der Waals surface area (Å²) in [5.41, 5.74) is 2.02. The molecule has 6 nitrogen and oxygen atoms in total. The number of nitrogens with zero attached hydrogens (tertiary/aromatic N) is 1. The van der Waals surface area contributed by atoms with E-state index in [-0.39, 0.29) is 12.0 Å². The number of hydrogen-bond donors (Lipinski definition) is 2. The van der Waals surface area contributed by atoms with Gasteiger partial charge in [-0.05, 0) is 43.2 Å². The first kappa shape index (κ1) is 16.3. The van der Waals surface area contributed by atoms with Gasteiger partial charge >= 0.3 is 0 Å². The van der Waals surface area contributed by atoms with E-state index >= 15 is 0 Å². The largest absolute Gasteiger partial charge is 0.497 e. The van der Waals surface area contributed by atoms with E-state index in [1.807, 2.05) is 0 Å². The summed E-state index contributed by atoms with van der Waals surface area (Å²) in [6.07, 6.45) is 5.67. The zero-order valence-corrected chi connectivity index (χ0v) is 13.6. The summed E-state index contributed by atoms with van der Waals surface area (Å²) in [7, 11) is 1.61. The van der Waals surface area contributed by atoms with E-state index in [1.165, 1.54) is 0 Å². The van der Waals surface area contributed by atoms with Crippen LogP contribution in [0.5, 0.6) is 5.75 Å². The SMILES string of the molecule is COc1ccc(NC(=O)c2cncc(NCC3CCCO3)c2)cc1. The predicted octanol–water partition coefficient (Wildman–Crippen LogP) is 2.93. The Hall–Kier alpha value is -2.60. The van der Waals surface area contributed by atoms with Gasteiger partial charge in [-0.1, -0.05) is 0 Å². The minimum atomic E-state index is -0.201. The van der Waals surface area contributed by atoms with Crippen LogP contribution in [0.25, 0.3) is 0 Å². The number of pyridine rings is 1. The van der Waals surface area contributed by atoms with Gasteiger partial charge in [0.15, 0.2) is 0 Å². The molecule has 0 saturated carbocycles. The highest BCUT2D eigenvalue weighted by molar-refractivity contribution is 6.04. The second-order valence-electron chi connectivity index (χ2n) is 5.66. The van der Waals surface area contributed by atoms with Crippen molar-refractivity contribution >= 4 is 17.3 Å². The molecule has 1 saturated heterocycles. The Kier molecular flexibility index (Phi) is 5.28. The van der Waals surface area contributed by atoms with Crippen molar-refractivity contribution < 1.29 is 14.3 Å². The number of ether oxygens (including phenoxy) is 2. The third kappa shape index (κ3) is 4.23. The minimum Gasteiger partial charge on any atom is -0.497 e. The second kappa shape index (κ2) is 7.79. The van der Waals surface area contributed by atoms with E-state index in [0.29, 0.717) is 11.3 Å². The van der Waals surface area contributed by atoms with Gasteiger partial charge in [-0.2, -0.15) is 0 Å². The van der Waals surface area contributed by atoms with Crippen molar-refractivity contribution in [3.05, 3.63) is 48.3 Å². The van der Waals surface area contributed by atoms with E-state index in [9.17, 15) is 4.79 Å². The first-order valence-electron chi connectivity index (χ1n) is 8.00. The Labute approximate surface area is 141 Å². The highest BCUT2D eigenvalue weighted by Crippen LogP contribution is 2.17. The zero-order valence-electron chi connectivity index (χ0n) is 13.6. The van der Waals surface area contributed by atoms with E-state index in [1.54, 1.807) is 49.8 Å². The monoisotopic (exact) mass is 327 g/mol. The van der Waals surface area contributed by atoms with Gasteiger partial charge < -0.3 is 20.1 Å². The molecule has 1 unspecified atom stereocenters. The molecule has 1 aliphatic rings. The molecule has 0 aliphatic carbocycles. The molecule has 1 aromatic heterocycles. The number of aromatic nitrogens is 1. The van der Waals surface area contributed by atoms with E-state index < -0.39 is 0 Å². The first-order valence-corrected chi connectivity index (χ1v) is 8.00. The summed E-state index contributed by atoms with van der Waals surface area (Å²) in [6, 6.07) is 8.98. The summed E-state index contributed by atoms with van der Waals surface area (Å²) in [6.45, 7) is 1.56. The molecule has 1 atom stereocenters. The van der Waals surface area contributed by atoms with Gasteiger partial charge in [0.2, 0.25) is 0 Å². The second-order valence-corrected chi connectivity index (χ2v) is 5.66. The van der Waals surface area contributed by atoms with E-state index in [4.69, 9.17) is 9.47 Å². The van der Waals surface area contributed by atoms with Crippen molar-refractivity contribution in [2.45, 2.75) is 18.9 Å². The average Bonchev–Trinajstić information content (AvgIpc) is 3.14. The molecule has 1 amide bonds. The standard InChI is InChI=1S/C18H21N3O3/c1-23-16-6-4-14(5-7-16)21-18(22)13-9-15(11-19-10-13)20-12-17-3-2-8-24-17/h4-7,9-11,17,20H,2-3,8,12H2,1H3,(H,21,22). The maximum Gasteiger partial charge on any atom is 0.257 e. The summed E-state index contributed by atoms with van der Waals surface area (Å²) < 4.78 is 10.7. The van der Waals surface area contributed by atoms with Crippen LogP contribution in [0, 0.1) is 0 Å². The lowest BCUT2D eigenvalue weighted by atomic mass is 10.2. The van der Waals surface area contributed by atoms with Crippen molar-refractivity contribution in [2.24, 2.45) is 0 Å². The third-order valence-electron chi connectivity index (χ3n) is 3.91. The number of amides is 1. The fourth-order valence-corrected chi connectivity index (χ4v) is 2.58. The number of carbonyl (C=O) groups excluding carboxylic acids is 1. The molecular formula is C18H21N3O3. The number of carbonyl (C=O) groups is 1. The van der Waals surface area contributed by atoms with Gasteiger partial charge in [0.1, 0.15) is 5.75 Å². The highest BCUT2D eigenvalue weighted by atomic mass is 16.5. The van der Waals surface area contributed by atoms with Crippen LogP contribution in [0.2, 0.25) is 0 Å². The normalized spacial score (nSPS) is 16.6. The maximum atomic E-state index is 12.3. The van der Waals surface area contributed by atoms with E-state index in [0.717, 1.165) is 37.4 Å². The molecule has 24 heavy (non-hydrogen) atoms. The third-order valence-corrected chi connectivity index (χ3v) is 3.91. The molecule has 2 aromatic rings. The van der Waals surface area contributed by atoms with Crippen LogP contribution in [-0.2, 0) is 4.74 Å². The fourth-order valence-electron chi connectivity index (χ4n) is 2.58. The smallest absolute Gasteiger partial charge is 0.257 e. The summed E-state index contributed by atoms with van der Waals surface area (Å²) >= 11 is 0. The maximum absolute atomic E-state index is 12.3. The number of hydrogen-bond acceptors (Lipinski definition) is 5. The zero-order chi connectivity index (χ0) is 16.8. The van der Waals surface area contributed by atoms with Gasteiger partial charge in [-0.15, -0.1) is 0 Å². The fraction of sp³-hybridized carbons (Fsp3) is 0.333. The van der Waals surface area contributed by atoms with Crippen molar-refractivity contribution in [2.75, 3.05) is 30.9 Å². The first-order chi connectivity index (χ1) is 11.7. The highest BCUT2D eigenvalue weighted by Gasteiger charge is 2.15. The Balaban J connectivity index is 1.60. The number of rotatable bonds is 6. The Bertz CT molecular complexity index is 682. The lowest BCUT2D eigenvalue weighted by Gasteiger charge is -2.12. The Morgan fingerprint density at radius 1 is 1.29 bits per heavy atom. The van der Waals surface area contributed by atoms with Crippen molar-refractivity contribution in [3.8, 4) is 5.75 Å². The minimum absolute atomic E-state index is 0.201. The van der Waals surface area contributed by atoms with Crippen LogP contribution in [0.3, 0.4) is 0 Å². The summed E-state index contributed by atoms with van der Waals surface area (Å²) in [5.74, 6) is 0.545. The van der Waals surface area contributed by atoms with Crippen molar-refractivity contribution in [1.29, 1.82) is 0 Å². The summed E-state index contributed by atoms with van der Waals surface area (Å²) in [5, 5.41) is 6.12. The number of methoxy groups -OCH3 is 1. The van der Waals surface area contributed by atoms with Crippen LogP contribution < -0.4 is 15.4 Å². The quantitative estimate of drug-likeness (QED) is 0.853. The molecule has 1 fully saturated rings. The molecule has 3 rings (SSSR count). The van der Waals surface area contributed by atoms with Crippen molar-refractivity contribution in [1.82, 2.24) is 4.98 Å². The molecule has 2 N–H and O–H groups in total. The molecular weight excluding hydrogens is 306 g/mol. The average molecular weight is 327 g/mol. The molecule has 126 valence electrons. The van der Waals surface area contributed by atoms with Crippen LogP contribution in [0.4, 0.5) is 11.4 Å². The van der Waals surface area contributed by atoms with Gasteiger partial charge in [0, 0.05) is 31.2 Å². The van der Waals surface area contributed by atoms with Gasteiger partial charge in [-0.25, -0.2) is 0 Å². The summed E-state index contributed by atoms with van der Waals surface area (Å²) in [4.78, 5) is 16.5. The Morgan fingerprint density at radius 2 is 2.12 bits per heavy atom. The van der Waals surface area contributed by atoms with Crippen LogP contribution in [-0.4, -0.2) is 37.3 Å². The number of nitrogens with one attached hydrogen (secondary N) is 2. The molecule has 1 aromatic carbocycles. The predicted molar refractivity (Wildman–Crippen MR) is 92.6 cm³/mol. The lowest BCUT2D eigenvalue weighted by Crippen LogP contribution is -2.19. The lowest BCUT2D eigenvalue weighted by molar-refractivity contribution is 0.102. The topological polar surface area (TPSA) is 72.5 Å². The molecule has 0 spiro atoms. The molecule has 0 bridgehead atoms. The molecule has 2 heterocycles. The number of benzene rings is 1. The van der Waals surface area contributed by atoms with Crippen molar-refractivity contribution in [3.63, 3.8) is 0 Å². The molecule has 6 heteroatoms. The van der Waals surface area contributed by atoms with Crippen LogP contribution in [0.1, 0.15) is 23.2 Å². The number of anilines is 2. The van der Waals surface area contributed by atoms with Gasteiger partial charge in [0.05, 0.1) is 24.5 Å².